The van der Waals surface area contributed by atoms with Crippen molar-refractivity contribution < 1.29 is 19.1 Å². The normalized spacial score (nSPS) is 27.9. The molecule has 3 aliphatic heterocycles. The number of carbonyl (C=O) groups excluding carboxylic acids is 3. The zero-order valence-electron chi connectivity index (χ0n) is 17.0. The Labute approximate surface area is 179 Å². The van der Waals surface area contributed by atoms with Crippen LogP contribution < -0.4 is 4.90 Å². The molecule has 0 bridgehead atoms. The van der Waals surface area contributed by atoms with Crippen LogP contribution in [0.2, 0.25) is 0 Å². The Morgan fingerprint density at radius 3 is 2.52 bits per heavy atom. The first kappa shape index (κ1) is 20.3. The zero-order valence-corrected chi connectivity index (χ0v) is 18.6. The molecule has 154 valence electrons. The predicted octanol–water partition coefficient (Wildman–Crippen LogP) is 2.90. The van der Waals surface area contributed by atoms with E-state index in [2.05, 4.69) is 15.9 Å². The molecule has 2 saturated heterocycles. The molecule has 1 aromatic rings. The summed E-state index contributed by atoms with van der Waals surface area (Å²) in [5.41, 5.74) is 1.23. The monoisotopic (exact) mass is 460 g/mol. The van der Waals surface area contributed by atoms with Gasteiger partial charge in [-0.25, -0.2) is 0 Å². The minimum absolute atomic E-state index is 0.0195. The lowest BCUT2D eigenvalue weighted by molar-refractivity contribution is -0.142. The van der Waals surface area contributed by atoms with Gasteiger partial charge in [0.25, 0.3) is 0 Å². The maximum absolute atomic E-state index is 13.5. The molecule has 3 heterocycles. The lowest BCUT2D eigenvalue weighted by Crippen LogP contribution is -2.51. The highest BCUT2D eigenvalue weighted by molar-refractivity contribution is 9.10. The highest BCUT2D eigenvalue weighted by atomic mass is 79.9. The van der Waals surface area contributed by atoms with Crippen molar-refractivity contribution >= 4 is 45.3 Å². The van der Waals surface area contributed by atoms with Crippen molar-refractivity contribution in [3.63, 3.8) is 0 Å². The number of ether oxygens (including phenoxy) is 1. The van der Waals surface area contributed by atoms with Gasteiger partial charge in [-0.3, -0.25) is 19.3 Å². The molecule has 29 heavy (non-hydrogen) atoms. The number of amides is 2. The Morgan fingerprint density at radius 1 is 1.17 bits per heavy atom. The lowest BCUT2D eigenvalue weighted by Gasteiger charge is -2.38. The first-order valence-corrected chi connectivity index (χ1v) is 10.6. The highest BCUT2D eigenvalue weighted by Crippen LogP contribution is 2.50. The van der Waals surface area contributed by atoms with Gasteiger partial charge in [0, 0.05) is 22.7 Å². The average molecular weight is 461 g/mol. The molecule has 0 radical (unpaired) electrons. The van der Waals surface area contributed by atoms with Gasteiger partial charge in [0.15, 0.2) is 5.78 Å². The molecule has 0 spiro atoms. The predicted molar refractivity (Wildman–Crippen MR) is 113 cm³/mol. The number of hydrogen-bond donors (Lipinski definition) is 0. The van der Waals surface area contributed by atoms with Gasteiger partial charge in [-0.2, -0.15) is 0 Å². The van der Waals surface area contributed by atoms with Crippen LogP contribution in [0.25, 0.3) is 6.08 Å². The van der Waals surface area contributed by atoms with Crippen LogP contribution in [0.1, 0.15) is 26.3 Å². The van der Waals surface area contributed by atoms with E-state index in [1.807, 2.05) is 56.0 Å². The second-order valence-corrected chi connectivity index (χ2v) is 9.81. The van der Waals surface area contributed by atoms with Gasteiger partial charge in [0.1, 0.15) is 6.04 Å². The third-order valence-corrected chi connectivity index (χ3v) is 6.58. The average Bonchev–Trinajstić information content (AvgIpc) is 3.12. The van der Waals surface area contributed by atoms with Gasteiger partial charge >= 0.3 is 0 Å². The van der Waals surface area contributed by atoms with Crippen LogP contribution in [0, 0.1) is 17.3 Å². The van der Waals surface area contributed by atoms with Gasteiger partial charge in [0.2, 0.25) is 11.8 Å². The zero-order chi connectivity index (χ0) is 21.1. The van der Waals surface area contributed by atoms with Gasteiger partial charge in [0.05, 0.1) is 31.0 Å². The molecular formula is C22H25BrN2O4. The molecule has 2 fully saturated rings. The van der Waals surface area contributed by atoms with Crippen molar-refractivity contribution in [2.75, 3.05) is 25.2 Å². The molecule has 7 heteroatoms. The molecule has 3 aliphatic rings. The summed E-state index contributed by atoms with van der Waals surface area (Å²) in [7, 11) is 1.54. The lowest BCUT2D eigenvalue weighted by atomic mass is 9.79. The second kappa shape index (κ2) is 7.06. The number of nitrogens with zero attached hydrogens (tertiary/aromatic N) is 2. The SMILES string of the molecule is COCCN1C(=O)[C@@H]2[C@H](C1=O)[C@H]1C=Cc3cc(Br)ccc3N1[C@@H]2C(=O)C(C)(C)C. The first-order valence-electron chi connectivity index (χ1n) is 9.81. The van der Waals surface area contributed by atoms with E-state index in [1.54, 1.807) is 7.11 Å². The molecular weight excluding hydrogens is 436 g/mol. The van der Waals surface area contributed by atoms with Crippen LogP contribution in [0.15, 0.2) is 28.7 Å². The topological polar surface area (TPSA) is 66.9 Å². The van der Waals surface area contributed by atoms with Crippen LogP contribution in [-0.2, 0) is 19.1 Å². The van der Waals surface area contributed by atoms with Crippen LogP contribution >= 0.6 is 15.9 Å². The molecule has 1 aromatic carbocycles. The molecule has 4 rings (SSSR count). The molecule has 4 atom stereocenters. The first-order chi connectivity index (χ1) is 13.7. The van der Waals surface area contributed by atoms with E-state index in [-0.39, 0.29) is 36.8 Å². The number of benzene rings is 1. The number of halogens is 1. The smallest absolute Gasteiger partial charge is 0.235 e. The number of Topliss-reactive ketones (excluding diaryl/α,β-unsaturated/α-hetero) is 1. The van der Waals surface area contributed by atoms with Crippen LogP contribution in [0.3, 0.4) is 0 Å². The van der Waals surface area contributed by atoms with Crippen molar-refractivity contribution in [3.8, 4) is 0 Å². The van der Waals surface area contributed by atoms with Crippen LogP contribution in [0.4, 0.5) is 5.69 Å². The summed E-state index contributed by atoms with van der Waals surface area (Å²) in [6.45, 7) is 6.10. The number of ketones is 1. The molecule has 2 amide bonds. The van der Waals surface area contributed by atoms with E-state index in [9.17, 15) is 14.4 Å². The maximum Gasteiger partial charge on any atom is 0.235 e. The van der Waals surface area contributed by atoms with Crippen LogP contribution in [0.5, 0.6) is 0 Å². The molecule has 0 N–H and O–H groups in total. The van der Waals surface area contributed by atoms with Crippen molar-refractivity contribution in [2.24, 2.45) is 17.3 Å². The van der Waals surface area contributed by atoms with E-state index in [0.29, 0.717) is 0 Å². The highest BCUT2D eigenvalue weighted by Gasteiger charge is 2.64. The number of carbonyl (C=O) groups is 3. The number of fused-ring (bicyclic) bond motifs is 5. The number of likely N-dealkylation sites (tertiary alicyclic amines) is 1. The van der Waals surface area contributed by atoms with E-state index in [0.717, 1.165) is 15.7 Å². The Kier molecular flexibility index (Phi) is 4.94. The quantitative estimate of drug-likeness (QED) is 0.646. The summed E-state index contributed by atoms with van der Waals surface area (Å²) in [4.78, 5) is 43.3. The van der Waals surface area contributed by atoms with E-state index in [4.69, 9.17) is 4.74 Å². The summed E-state index contributed by atoms with van der Waals surface area (Å²) >= 11 is 3.49. The second-order valence-electron chi connectivity index (χ2n) is 8.89. The van der Waals surface area contributed by atoms with Gasteiger partial charge in [-0.1, -0.05) is 48.9 Å². The third kappa shape index (κ3) is 3.06. The van der Waals surface area contributed by atoms with Crippen molar-refractivity contribution in [1.29, 1.82) is 0 Å². The summed E-state index contributed by atoms with van der Waals surface area (Å²) in [6, 6.07) is 4.89. The third-order valence-electron chi connectivity index (χ3n) is 6.09. The largest absolute Gasteiger partial charge is 0.383 e. The van der Waals surface area contributed by atoms with Crippen molar-refractivity contribution in [1.82, 2.24) is 4.90 Å². The van der Waals surface area contributed by atoms with E-state index < -0.39 is 23.3 Å². The molecule has 0 saturated carbocycles. The molecule has 0 aliphatic carbocycles. The van der Waals surface area contributed by atoms with Gasteiger partial charge < -0.3 is 9.64 Å². The number of methoxy groups -OCH3 is 1. The number of hydrogen-bond acceptors (Lipinski definition) is 5. The summed E-state index contributed by atoms with van der Waals surface area (Å²) in [5, 5.41) is 0. The van der Waals surface area contributed by atoms with E-state index in [1.165, 1.54) is 4.90 Å². The number of imide groups is 1. The van der Waals surface area contributed by atoms with E-state index >= 15 is 0 Å². The minimum atomic E-state index is -0.671. The number of anilines is 1. The Bertz CT molecular complexity index is 920. The standard InChI is InChI=1S/C22H25BrN2O4/c1-22(2,3)19(26)18-17-16(20(27)24(21(17)28)9-10-29-4)15-7-5-12-11-13(23)6-8-14(12)25(15)18/h5-8,11,15-18H,9-10H2,1-4H3/t15-,16-,17-,18+/m1/s1. The fourth-order valence-corrected chi connectivity index (χ4v) is 5.13. The summed E-state index contributed by atoms with van der Waals surface area (Å²) in [6.07, 6.45) is 3.95. The van der Waals surface area contributed by atoms with Gasteiger partial charge in [-0.05, 0) is 23.8 Å². The molecule has 0 aromatic heterocycles. The number of rotatable bonds is 4. The molecule has 6 nitrogen and oxygen atoms in total. The fourth-order valence-electron chi connectivity index (χ4n) is 4.75. The van der Waals surface area contributed by atoms with Crippen molar-refractivity contribution in [3.05, 3.63) is 34.3 Å². The summed E-state index contributed by atoms with van der Waals surface area (Å²) < 4.78 is 6.01. The maximum atomic E-state index is 13.5. The van der Waals surface area contributed by atoms with Crippen molar-refractivity contribution in [2.45, 2.75) is 32.9 Å². The molecule has 0 unspecified atom stereocenters. The Hall–Kier alpha value is -1.99. The van der Waals surface area contributed by atoms with Gasteiger partial charge in [-0.15, -0.1) is 0 Å². The Morgan fingerprint density at radius 2 is 1.86 bits per heavy atom. The summed E-state index contributed by atoms with van der Waals surface area (Å²) in [5.74, 6) is -1.71. The Balaban J connectivity index is 1.83. The minimum Gasteiger partial charge on any atom is -0.383 e. The van der Waals surface area contributed by atoms with Crippen LogP contribution in [-0.4, -0.2) is 54.8 Å². The fraction of sp³-hybridized carbons (Fsp3) is 0.500.